The van der Waals surface area contributed by atoms with Crippen molar-refractivity contribution < 1.29 is 17.0 Å². The molecule has 0 saturated heterocycles. The van der Waals surface area contributed by atoms with Gasteiger partial charge >= 0.3 is 35.6 Å². The molecule has 0 aromatic heterocycles. The predicted molar refractivity (Wildman–Crippen MR) is 48.4 cm³/mol. The van der Waals surface area contributed by atoms with E-state index < -0.39 is 17.0 Å². The molecule has 1 aliphatic rings. The van der Waals surface area contributed by atoms with E-state index in [4.69, 9.17) is 18.6 Å². The molecule has 0 aliphatic heterocycles. The fraction of sp³-hybridized carbons (Fsp3) is 0.500. The van der Waals surface area contributed by atoms with Crippen LogP contribution in [-0.2, 0) is 17.0 Å². The quantitative estimate of drug-likeness (QED) is 0.595. The van der Waals surface area contributed by atoms with Crippen LogP contribution in [0.15, 0.2) is 23.8 Å². The molecule has 0 aromatic carbocycles. The van der Waals surface area contributed by atoms with Crippen molar-refractivity contribution in [3.05, 3.63) is 23.8 Å². The normalized spacial score (nSPS) is 14.1. The summed E-state index contributed by atoms with van der Waals surface area (Å²) in [6, 6.07) is 0. The van der Waals surface area contributed by atoms with Crippen LogP contribution in [0.4, 0.5) is 0 Å². The zero-order valence-electron chi connectivity index (χ0n) is 6.77. The zero-order valence-corrected chi connectivity index (χ0v) is 9.85. The van der Waals surface area contributed by atoms with Gasteiger partial charge in [-0.1, -0.05) is 32.1 Å². The Hall–Kier alpha value is 0.774. The van der Waals surface area contributed by atoms with Crippen molar-refractivity contribution in [2.45, 2.75) is 20.3 Å². The van der Waals surface area contributed by atoms with Gasteiger partial charge in [-0.25, -0.2) is 0 Å². The maximum atomic E-state index is 4.89. The third-order valence-electron chi connectivity index (χ3n) is 1.47. The number of hydrogen-bond acceptors (Lipinski definition) is 0. The van der Waals surface area contributed by atoms with Crippen LogP contribution in [0.1, 0.15) is 20.3 Å². The molecule has 0 atom stereocenters. The second-order valence-corrected chi connectivity index (χ2v) is 5.15. The first-order chi connectivity index (χ1) is 5.22. The van der Waals surface area contributed by atoms with Gasteiger partial charge in [-0.2, -0.15) is 0 Å². The molecule has 3 heteroatoms. The molecule has 0 spiro atoms. The third-order valence-corrected chi connectivity index (χ3v) is 1.47. The first kappa shape index (κ1) is 11.8. The summed E-state index contributed by atoms with van der Waals surface area (Å²) in [5.41, 5.74) is 1.49. The van der Waals surface area contributed by atoms with Gasteiger partial charge in [-0.3, -0.25) is 0 Å². The predicted octanol–water partition coefficient (Wildman–Crippen LogP) is 3.91. The number of hydrogen-bond donors (Lipinski definition) is 0. The molecular weight excluding hydrogens is 215 g/mol. The van der Waals surface area contributed by atoms with Crippen molar-refractivity contribution in [1.29, 1.82) is 0 Å². The van der Waals surface area contributed by atoms with E-state index in [9.17, 15) is 0 Å². The molecule has 0 nitrogen and oxygen atoms in total. The van der Waals surface area contributed by atoms with Crippen LogP contribution < -0.4 is 0 Å². The van der Waals surface area contributed by atoms with Crippen LogP contribution in [0, 0.1) is 5.92 Å². The standard InChI is InChI=1S/C8H12.2ClH.Ti/c1-7(2)8-5-3-4-6-8;;;/h3,5-7H,4H2,1-2H3;2*1H;/q;;;+2/p-2. The summed E-state index contributed by atoms with van der Waals surface area (Å²) in [4.78, 5) is 0. The van der Waals surface area contributed by atoms with E-state index in [1.165, 1.54) is 5.57 Å². The summed E-state index contributed by atoms with van der Waals surface area (Å²) >= 11 is -0.556. The van der Waals surface area contributed by atoms with Gasteiger partial charge in [0.2, 0.25) is 0 Å². The van der Waals surface area contributed by atoms with E-state index in [1.54, 1.807) is 0 Å². The Morgan fingerprint density at radius 2 is 2.00 bits per heavy atom. The van der Waals surface area contributed by atoms with Gasteiger partial charge in [0, 0.05) is 0 Å². The fourth-order valence-electron chi connectivity index (χ4n) is 0.904. The van der Waals surface area contributed by atoms with Gasteiger partial charge in [0.1, 0.15) is 0 Å². The second kappa shape index (κ2) is 7.42. The van der Waals surface area contributed by atoms with Crippen molar-refractivity contribution in [3.63, 3.8) is 0 Å². The summed E-state index contributed by atoms with van der Waals surface area (Å²) in [7, 11) is 9.78. The molecular formula is C8H12Cl2Ti. The molecule has 0 fully saturated rings. The van der Waals surface area contributed by atoms with Gasteiger partial charge in [-0.05, 0) is 17.9 Å². The van der Waals surface area contributed by atoms with Crippen molar-refractivity contribution in [1.82, 2.24) is 0 Å². The Morgan fingerprint density at radius 3 is 2.18 bits per heavy atom. The SMILES string of the molecule is CC(C)C1=CCC=C1.[Cl][Ti][Cl]. The minimum absolute atomic E-state index is 0.556. The van der Waals surface area contributed by atoms with Crippen LogP contribution >= 0.6 is 18.6 Å². The third kappa shape index (κ3) is 5.98. The van der Waals surface area contributed by atoms with E-state index >= 15 is 0 Å². The Bertz CT molecular complexity index is 150. The first-order valence-electron chi connectivity index (χ1n) is 3.55. The molecule has 0 unspecified atom stereocenters. The fourth-order valence-corrected chi connectivity index (χ4v) is 0.904. The van der Waals surface area contributed by atoms with Crippen molar-refractivity contribution in [2.24, 2.45) is 5.92 Å². The van der Waals surface area contributed by atoms with Crippen molar-refractivity contribution in [3.8, 4) is 0 Å². The topological polar surface area (TPSA) is 0 Å². The van der Waals surface area contributed by atoms with Gasteiger partial charge in [0.15, 0.2) is 0 Å². The summed E-state index contributed by atoms with van der Waals surface area (Å²) in [5.74, 6) is 0.716. The number of allylic oxidation sites excluding steroid dienone is 4. The van der Waals surface area contributed by atoms with Gasteiger partial charge in [0.05, 0.1) is 0 Å². The molecule has 0 aromatic rings. The summed E-state index contributed by atoms with van der Waals surface area (Å²) in [5, 5.41) is 0. The van der Waals surface area contributed by atoms with Crippen molar-refractivity contribution in [2.75, 3.05) is 0 Å². The molecule has 62 valence electrons. The van der Waals surface area contributed by atoms with Gasteiger partial charge < -0.3 is 0 Å². The average molecular weight is 227 g/mol. The molecule has 0 heterocycles. The molecule has 0 saturated carbocycles. The Kier molecular flexibility index (Phi) is 7.95. The molecule has 0 amide bonds. The summed E-state index contributed by atoms with van der Waals surface area (Å²) in [6.07, 6.45) is 7.85. The molecule has 1 aliphatic carbocycles. The van der Waals surface area contributed by atoms with E-state index in [2.05, 4.69) is 32.1 Å². The molecule has 0 N–H and O–H groups in total. The van der Waals surface area contributed by atoms with Crippen molar-refractivity contribution >= 4 is 18.6 Å². The second-order valence-electron chi connectivity index (χ2n) is 2.57. The minimum atomic E-state index is -0.556. The summed E-state index contributed by atoms with van der Waals surface area (Å²) < 4.78 is 0. The average Bonchev–Trinajstić information content (AvgIpc) is 2.38. The first-order valence-corrected chi connectivity index (χ1v) is 7.85. The van der Waals surface area contributed by atoms with E-state index in [0.29, 0.717) is 5.92 Å². The Labute approximate surface area is 85.3 Å². The summed E-state index contributed by atoms with van der Waals surface area (Å²) in [6.45, 7) is 4.45. The number of halogens is 2. The van der Waals surface area contributed by atoms with Crippen LogP contribution in [-0.4, -0.2) is 0 Å². The van der Waals surface area contributed by atoms with Crippen LogP contribution in [0.5, 0.6) is 0 Å². The Morgan fingerprint density at radius 1 is 1.45 bits per heavy atom. The van der Waals surface area contributed by atoms with Crippen LogP contribution in [0.3, 0.4) is 0 Å². The molecule has 0 bridgehead atoms. The van der Waals surface area contributed by atoms with Gasteiger partial charge in [0.25, 0.3) is 0 Å². The van der Waals surface area contributed by atoms with Gasteiger partial charge in [-0.15, -0.1) is 0 Å². The molecule has 0 radical (unpaired) electrons. The van der Waals surface area contributed by atoms with Crippen LogP contribution in [0.2, 0.25) is 0 Å². The zero-order chi connectivity index (χ0) is 8.69. The molecule has 1 rings (SSSR count). The van der Waals surface area contributed by atoms with E-state index in [-0.39, 0.29) is 0 Å². The Balaban J connectivity index is 0.000000292. The van der Waals surface area contributed by atoms with E-state index in [0.717, 1.165) is 6.42 Å². The van der Waals surface area contributed by atoms with Crippen LogP contribution in [0.25, 0.3) is 0 Å². The monoisotopic (exact) mass is 226 g/mol. The maximum absolute atomic E-state index is 4.89. The number of rotatable bonds is 1. The molecule has 11 heavy (non-hydrogen) atoms. The van der Waals surface area contributed by atoms with E-state index in [1.807, 2.05) is 0 Å².